The second-order valence-corrected chi connectivity index (χ2v) is 5.64. The first-order valence-corrected chi connectivity index (χ1v) is 7.22. The van der Waals surface area contributed by atoms with Crippen molar-refractivity contribution in [3.63, 3.8) is 0 Å². The standard InChI is InChI=1S/C15H14N2O2S/c1-17-14(11-7-13(15(18)19)20-9-11)12(8-16-17)10-5-3-2-4-6-10/h2-5,7-10H,6H2,1H3,(H,18,19). The molecule has 2 aromatic heterocycles. The van der Waals surface area contributed by atoms with Crippen molar-refractivity contribution in [2.45, 2.75) is 12.3 Å². The number of allylic oxidation sites excluding steroid dienone is 4. The molecule has 1 atom stereocenters. The van der Waals surface area contributed by atoms with Crippen LogP contribution in [0.2, 0.25) is 0 Å². The molecule has 0 spiro atoms. The number of carbonyl (C=O) groups is 1. The van der Waals surface area contributed by atoms with Gasteiger partial charge < -0.3 is 5.11 Å². The summed E-state index contributed by atoms with van der Waals surface area (Å²) in [6, 6.07) is 1.72. The molecule has 0 bridgehead atoms. The van der Waals surface area contributed by atoms with Gasteiger partial charge in [-0.3, -0.25) is 4.68 Å². The van der Waals surface area contributed by atoms with Gasteiger partial charge in [-0.25, -0.2) is 4.79 Å². The summed E-state index contributed by atoms with van der Waals surface area (Å²) < 4.78 is 1.81. The Morgan fingerprint density at radius 1 is 1.50 bits per heavy atom. The number of hydrogen-bond acceptors (Lipinski definition) is 3. The van der Waals surface area contributed by atoms with E-state index < -0.39 is 5.97 Å². The number of aromatic nitrogens is 2. The van der Waals surface area contributed by atoms with Gasteiger partial charge in [-0.05, 0) is 12.5 Å². The Morgan fingerprint density at radius 2 is 2.35 bits per heavy atom. The number of carboxylic acids is 1. The number of aromatic carboxylic acids is 1. The number of rotatable bonds is 3. The predicted octanol–water partition coefficient (Wildman–Crippen LogP) is 3.45. The predicted molar refractivity (Wildman–Crippen MR) is 79.1 cm³/mol. The van der Waals surface area contributed by atoms with Crippen molar-refractivity contribution in [1.82, 2.24) is 9.78 Å². The van der Waals surface area contributed by atoms with Gasteiger partial charge in [0.2, 0.25) is 0 Å². The topological polar surface area (TPSA) is 55.1 Å². The van der Waals surface area contributed by atoms with Gasteiger partial charge in [-0.1, -0.05) is 24.3 Å². The third-order valence-electron chi connectivity index (χ3n) is 3.43. The summed E-state index contributed by atoms with van der Waals surface area (Å²) in [6.45, 7) is 0. The average Bonchev–Trinajstić information content (AvgIpc) is 3.06. The maximum Gasteiger partial charge on any atom is 0.345 e. The molecule has 0 fully saturated rings. The monoisotopic (exact) mass is 286 g/mol. The van der Waals surface area contributed by atoms with Crippen molar-refractivity contribution in [1.29, 1.82) is 0 Å². The number of hydrogen-bond donors (Lipinski definition) is 1. The Kier molecular flexibility index (Phi) is 3.28. The van der Waals surface area contributed by atoms with E-state index in [1.807, 2.05) is 35.5 Å². The lowest BCUT2D eigenvalue weighted by atomic mass is 9.91. The first kappa shape index (κ1) is 12.9. The van der Waals surface area contributed by atoms with Crippen LogP contribution in [-0.2, 0) is 7.05 Å². The minimum atomic E-state index is -0.884. The molecule has 2 aromatic rings. The summed E-state index contributed by atoms with van der Waals surface area (Å²) in [4.78, 5) is 11.4. The molecule has 0 aromatic carbocycles. The summed E-state index contributed by atoms with van der Waals surface area (Å²) in [5.74, 6) is -0.581. The van der Waals surface area contributed by atoms with E-state index in [0.717, 1.165) is 23.2 Å². The molecule has 0 saturated heterocycles. The second-order valence-electron chi connectivity index (χ2n) is 4.73. The van der Waals surface area contributed by atoms with Crippen LogP contribution in [0, 0.1) is 0 Å². The third-order valence-corrected chi connectivity index (χ3v) is 4.35. The van der Waals surface area contributed by atoms with E-state index in [1.54, 1.807) is 6.07 Å². The molecular formula is C15H14N2O2S. The van der Waals surface area contributed by atoms with Gasteiger partial charge in [0, 0.05) is 29.5 Å². The normalized spacial score (nSPS) is 17.6. The molecule has 5 heteroatoms. The number of thiophene rings is 1. The first-order valence-electron chi connectivity index (χ1n) is 6.34. The summed E-state index contributed by atoms with van der Waals surface area (Å²) in [5, 5.41) is 15.3. The second kappa shape index (κ2) is 5.09. The molecule has 102 valence electrons. The Labute approximate surface area is 120 Å². The Balaban J connectivity index is 2.04. The molecule has 20 heavy (non-hydrogen) atoms. The van der Waals surface area contributed by atoms with Crippen molar-refractivity contribution < 1.29 is 9.90 Å². The lowest BCUT2D eigenvalue weighted by Crippen LogP contribution is -2.00. The van der Waals surface area contributed by atoms with E-state index in [4.69, 9.17) is 5.11 Å². The van der Waals surface area contributed by atoms with Crippen molar-refractivity contribution in [2.75, 3.05) is 0 Å². The molecule has 3 rings (SSSR count). The zero-order valence-corrected chi connectivity index (χ0v) is 11.8. The van der Waals surface area contributed by atoms with Crippen LogP contribution in [-0.4, -0.2) is 20.9 Å². The summed E-state index contributed by atoms with van der Waals surface area (Å²) in [5.41, 5.74) is 3.06. The van der Waals surface area contributed by atoms with E-state index in [2.05, 4.69) is 17.3 Å². The largest absolute Gasteiger partial charge is 0.477 e. The summed E-state index contributed by atoms with van der Waals surface area (Å²) in [6.07, 6.45) is 11.2. The highest BCUT2D eigenvalue weighted by molar-refractivity contribution is 7.12. The molecule has 0 saturated carbocycles. The fraction of sp³-hybridized carbons (Fsp3) is 0.200. The van der Waals surface area contributed by atoms with Crippen LogP contribution < -0.4 is 0 Å². The van der Waals surface area contributed by atoms with Gasteiger partial charge in [0.05, 0.1) is 11.9 Å². The highest BCUT2D eigenvalue weighted by atomic mass is 32.1. The Hall–Kier alpha value is -2.14. The van der Waals surface area contributed by atoms with Gasteiger partial charge in [-0.2, -0.15) is 5.10 Å². The summed E-state index contributed by atoms with van der Waals surface area (Å²) >= 11 is 1.25. The zero-order valence-electron chi connectivity index (χ0n) is 11.0. The van der Waals surface area contributed by atoms with E-state index in [-0.39, 0.29) is 0 Å². The molecule has 0 amide bonds. The third kappa shape index (κ3) is 2.20. The molecular weight excluding hydrogens is 272 g/mol. The molecule has 0 radical (unpaired) electrons. The summed E-state index contributed by atoms with van der Waals surface area (Å²) in [7, 11) is 1.89. The molecule has 1 N–H and O–H groups in total. The molecule has 4 nitrogen and oxygen atoms in total. The number of nitrogens with zero attached hydrogens (tertiary/aromatic N) is 2. The first-order chi connectivity index (χ1) is 9.66. The smallest absolute Gasteiger partial charge is 0.345 e. The van der Waals surface area contributed by atoms with E-state index in [0.29, 0.717) is 10.8 Å². The van der Waals surface area contributed by atoms with Crippen molar-refractivity contribution in [2.24, 2.45) is 7.05 Å². The van der Waals surface area contributed by atoms with Gasteiger partial charge in [0.15, 0.2) is 0 Å². The maximum absolute atomic E-state index is 11.0. The highest BCUT2D eigenvalue weighted by Crippen LogP contribution is 2.35. The zero-order chi connectivity index (χ0) is 14.1. The fourth-order valence-corrected chi connectivity index (χ4v) is 3.19. The van der Waals surface area contributed by atoms with Gasteiger partial charge in [-0.15, -0.1) is 11.3 Å². The molecule has 2 heterocycles. The Morgan fingerprint density at radius 3 is 3.00 bits per heavy atom. The molecule has 1 unspecified atom stereocenters. The quantitative estimate of drug-likeness (QED) is 0.940. The minimum absolute atomic E-state index is 0.303. The van der Waals surface area contributed by atoms with E-state index in [1.165, 1.54) is 11.3 Å². The van der Waals surface area contributed by atoms with Crippen molar-refractivity contribution in [3.05, 3.63) is 52.4 Å². The van der Waals surface area contributed by atoms with Crippen LogP contribution in [0.3, 0.4) is 0 Å². The van der Waals surface area contributed by atoms with E-state index in [9.17, 15) is 4.79 Å². The lowest BCUT2D eigenvalue weighted by molar-refractivity contribution is 0.0702. The van der Waals surface area contributed by atoms with Crippen LogP contribution >= 0.6 is 11.3 Å². The molecule has 0 aliphatic heterocycles. The van der Waals surface area contributed by atoms with Crippen LogP contribution in [0.5, 0.6) is 0 Å². The minimum Gasteiger partial charge on any atom is -0.477 e. The van der Waals surface area contributed by atoms with Crippen LogP contribution in [0.1, 0.15) is 27.6 Å². The highest BCUT2D eigenvalue weighted by Gasteiger charge is 2.20. The molecule has 1 aliphatic carbocycles. The van der Waals surface area contributed by atoms with Crippen LogP contribution in [0.4, 0.5) is 0 Å². The molecule has 1 aliphatic rings. The SMILES string of the molecule is Cn1ncc(C2C=CC=CC2)c1-c1csc(C(=O)O)c1. The Bertz CT molecular complexity index is 709. The van der Waals surface area contributed by atoms with Crippen LogP contribution in [0.25, 0.3) is 11.3 Å². The van der Waals surface area contributed by atoms with Gasteiger partial charge in [0.25, 0.3) is 0 Å². The number of aryl methyl sites for hydroxylation is 1. The van der Waals surface area contributed by atoms with E-state index >= 15 is 0 Å². The fourth-order valence-electron chi connectivity index (χ4n) is 2.46. The maximum atomic E-state index is 11.0. The lowest BCUT2D eigenvalue weighted by Gasteiger charge is -2.13. The van der Waals surface area contributed by atoms with Gasteiger partial charge >= 0.3 is 5.97 Å². The van der Waals surface area contributed by atoms with Gasteiger partial charge in [0.1, 0.15) is 4.88 Å². The van der Waals surface area contributed by atoms with Crippen molar-refractivity contribution in [3.8, 4) is 11.3 Å². The average molecular weight is 286 g/mol. The van der Waals surface area contributed by atoms with Crippen molar-refractivity contribution >= 4 is 17.3 Å². The number of carboxylic acid groups (broad SMARTS) is 1. The van der Waals surface area contributed by atoms with Crippen LogP contribution in [0.15, 0.2) is 41.9 Å².